The molecule has 1 aromatic carbocycles. The number of anilines is 1. The molecule has 2 aliphatic rings. The highest BCUT2D eigenvalue weighted by Crippen LogP contribution is 2.44. The maximum atomic E-state index is 13.9. The largest absolute Gasteiger partial charge is 0.465 e. The fourth-order valence-electron chi connectivity index (χ4n) is 5.87. The number of carbonyl (C=O) groups excluding carboxylic acids is 2. The molecule has 1 saturated heterocycles. The second kappa shape index (κ2) is 12.2. The number of nitrogens with zero attached hydrogens (tertiary/aromatic N) is 2. The van der Waals surface area contributed by atoms with Crippen LogP contribution in [0.1, 0.15) is 92.7 Å². The van der Waals surface area contributed by atoms with E-state index in [1.807, 2.05) is 19.4 Å². The first-order valence-electron chi connectivity index (χ1n) is 13.1. The first-order valence-corrected chi connectivity index (χ1v) is 13.5. The van der Waals surface area contributed by atoms with Gasteiger partial charge in [0.15, 0.2) is 0 Å². The molecule has 1 spiro atoms. The van der Waals surface area contributed by atoms with Crippen molar-refractivity contribution in [2.24, 2.45) is 5.41 Å². The molecule has 1 amide bonds. The van der Waals surface area contributed by atoms with Gasteiger partial charge >= 0.3 is 5.97 Å². The van der Waals surface area contributed by atoms with Crippen LogP contribution in [-0.2, 0) is 9.53 Å². The van der Waals surface area contributed by atoms with Gasteiger partial charge in [0.05, 0.1) is 30.9 Å². The molecular weight excluding hydrogens is 478 g/mol. The van der Waals surface area contributed by atoms with Gasteiger partial charge in [0, 0.05) is 17.4 Å². The van der Waals surface area contributed by atoms with Crippen molar-refractivity contribution in [1.29, 1.82) is 0 Å². The van der Waals surface area contributed by atoms with Gasteiger partial charge in [0.1, 0.15) is 6.04 Å². The van der Waals surface area contributed by atoms with Gasteiger partial charge in [-0.15, -0.1) is 0 Å². The number of hydrogen-bond donors (Lipinski definition) is 3. The minimum Gasteiger partial charge on any atom is -0.465 e. The van der Waals surface area contributed by atoms with Crippen LogP contribution in [0.3, 0.4) is 0 Å². The van der Waals surface area contributed by atoms with Gasteiger partial charge in [0.2, 0.25) is 5.91 Å². The van der Waals surface area contributed by atoms with Crippen LogP contribution in [0, 0.1) is 12.3 Å². The van der Waals surface area contributed by atoms with E-state index in [2.05, 4.69) is 25.7 Å². The van der Waals surface area contributed by atoms with Gasteiger partial charge in [-0.2, -0.15) is 0 Å². The molecule has 8 nitrogen and oxygen atoms in total. The predicted molar refractivity (Wildman–Crippen MR) is 141 cm³/mol. The number of rotatable bonds is 4. The van der Waals surface area contributed by atoms with Gasteiger partial charge in [-0.3, -0.25) is 4.79 Å². The summed E-state index contributed by atoms with van der Waals surface area (Å²) in [6, 6.07) is 2.83. The Morgan fingerprint density at radius 1 is 1.08 bits per heavy atom. The molecule has 9 heteroatoms. The lowest BCUT2D eigenvalue weighted by Gasteiger charge is -2.48. The Morgan fingerprint density at radius 2 is 1.75 bits per heavy atom. The maximum absolute atomic E-state index is 13.9. The number of benzene rings is 1. The minimum absolute atomic E-state index is 0.00424. The third-order valence-electron chi connectivity index (χ3n) is 7.81. The van der Waals surface area contributed by atoms with E-state index in [0.717, 1.165) is 32.1 Å². The van der Waals surface area contributed by atoms with Crippen molar-refractivity contribution in [3.63, 3.8) is 0 Å². The Bertz CT molecular complexity index is 1030. The van der Waals surface area contributed by atoms with Gasteiger partial charge < -0.3 is 14.6 Å². The van der Waals surface area contributed by atoms with E-state index < -0.39 is 12.0 Å². The molecule has 1 aromatic heterocycles. The first kappa shape index (κ1) is 26.6. The number of aryl methyl sites for hydroxylation is 1. The maximum Gasteiger partial charge on any atom is 0.340 e. The Hall–Kier alpha value is -2.42. The number of halogens is 1. The summed E-state index contributed by atoms with van der Waals surface area (Å²) in [7, 11) is 1.32. The number of hydrazine groups is 1. The zero-order chi connectivity index (χ0) is 25.5. The van der Waals surface area contributed by atoms with E-state index in [0.29, 0.717) is 16.3 Å². The van der Waals surface area contributed by atoms with Crippen molar-refractivity contribution < 1.29 is 14.3 Å². The quantitative estimate of drug-likeness (QED) is 0.463. The average molecular weight is 516 g/mol. The van der Waals surface area contributed by atoms with Crippen LogP contribution in [0.5, 0.6) is 0 Å². The van der Waals surface area contributed by atoms with Crippen LogP contribution in [-0.4, -0.2) is 34.6 Å². The molecule has 0 bridgehead atoms. The molecule has 2 atom stereocenters. The topological polar surface area (TPSA) is 97.3 Å². The van der Waals surface area contributed by atoms with Gasteiger partial charge in [0.25, 0.3) is 0 Å². The number of esters is 1. The summed E-state index contributed by atoms with van der Waals surface area (Å²) in [6.45, 7) is 1.83. The van der Waals surface area contributed by atoms with E-state index >= 15 is 0 Å². The van der Waals surface area contributed by atoms with Gasteiger partial charge in [-0.05, 0) is 49.3 Å². The Morgan fingerprint density at radius 3 is 2.36 bits per heavy atom. The summed E-state index contributed by atoms with van der Waals surface area (Å²) in [5.74, 6) is -0.688. The lowest BCUT2D eigenvalue weighted by Crippen LogP contribution is -2.63. The summed E-state index contributed by atoms with van der Waals surface area (Å²) >= 11 is 6.22. The highest BCUT2D eigenvalue weighted by Gasteiger charge is 2.47. The molecule has 1 saturated carbocycles. The van der Waals surface area contributed by atoms with Crippen LogP contribution in [0.2, 0.25) is 5.02 Å². The molecular formula is C27H38ClN5O3. The summed E-state index contributed by atoms with van der Waals surface area (Å²) in [4.78, 5) is 30.6. The average Bonchev–Trinajstić information content (AvgIpc) is 3.39. The highest BCUT2D eigenvalue weighted by atomic mass is 35.5. The van der Waals surface area contributed by atoms with Crippen molar-refractivity contribution in [3.05, 3.63) is 47.0 Å². The molecule has 2 aromatic rings. The fourth-order valence-corrected chi connectivity index (χ4v) is 6.14. The van der Waals surface area contributed by atoms with Crippen LogP contribution >= 0.6 is 11.6 Å². The zero-order valence-electron chi connectivity index (χ0n) is 21.3. The van der Waals surface area contributed by atoms with Gasteiger partial charge in [-0.1, -0.05) is 63.0 Å². The molecule has 36 heavy (non-hydrogen) atoms. The number of ether oxygens (including phenoxy) is 1. The van der Waals surface area contributed by atoms with Crippen LogP contribution in [0.25, 0.3) is 0 Å². The van der Waals surface area contributed by atoms with Crippen molar-refractivity contribution in [2.45, 2.75) is 89.8 Å². The molecule has 196 valence electrons. The molecule has 1 aliphatic carbocycles. The molecule has 2 heterocycles. The fraction of sp³-hybridized carbons (Fsp3) is 0.593. The van der Waals surface area contributed by atoms with Crippen molar-refractivity contribution >= 4 is 29.2 Å². The van der Waals surface area contributed by atoms with Crippen molar-refractivity contribution in [3.8, 4) is 0 Å². The molecule has 2 unspecified atom stereocenters. The van der Waals surface area contributed by atoms with E-state index in [9.17, 15) is 9.59 Å². The molecule has 3 N–H and O–H groups in total. The number of nitrogens with one attached hydrogen (secondary N) is 3. The predicted octanol–water partition coefficient (Wildman–Crippen LogP) is 5.54. The summed E-state index contributed by atoms with van der Waals surface area (Å²) in [5, 5.41) is 3.49. The highest BCUT2D eigenvalue weighted by molar-refractivity contribution is 6.31. The normalized spacial score (nSPS) is 23.0. The van der Waals surface area contributed by atoms with Crippen LogP contribution in [0.15, 0.2) is 30.9 Å². The Kier molecular flexibility index (Phi) is 9.04. The monoisotopic (exact) mass is 515 g/mol. The van der Waals surface area contributed by atoms with E-state index in [1.165, 1.54) is 45.6 Å². The second-order valence-electron chi connectivity index (χ2n) is 10.3. The Balaban J connectivity index is 1.65. The smallest absolute Gasteiger partial charge is 0.340 e. The summed E-state index contributed by atoms with van der Waals surface area (Å²) < 4.78 is 7.02. The van der Waals surface area contributed by atoms with E-state index in [4.69, 9.17) is 16.3 Å². The van der Waals surface area contributed by atoms with Crippen molar-refractivity contribution in [1.82, 2.24) is 20.4 Å². The molecule has 4 rings (SSSR count). The standard InChI is InChI=1S/C27H38ClN5O3/c1-19-15-20(28)16-21(26(35)36-2)23(19)30-25(34)24-27(11-9-7-5-3-4-6-8-10-12-27)17-22(31-32-24)33-14-13-29-18-33/h13-16,18,22,24,31-32H,3-12,17H2,1-2H3,(H,30,34). The number of hydrogen-bond acceptors (Lipinski definition) is 6. The molecule has 2 fully saturated rings. The first-order chi connectivity index (χ1) is 17.4. The minimum atomic E-state index is -0.532. The summed E-state index contributed by atoms with van der Waals surface area (Å²) in [5.41, 5.74) is 7.92. The molecule has 0 radical (unpaired) electrons. The van der Waals surface area contributed by atoms with E-state index in [-0.39, 0.29) is 23.1 Å². The number of imidazole rings is 1. The number of carbonyl (C=O) groups is 2. The van der Waals surface area contributed by atoms with Crippen molar-refractivity contribution in [2.75, 3.05) is 12.4 Å². The number of methoxy groups -OCH3 is 1. The summed E-state index contributed by atoms with van der Waals surface area (Å²) in [6.07, 6.45) is 17.9. The third-order valence-corrected chi connectivity index (χ3v) is 8.02. The lowest BCUT2D eigenvalue weighted by atomic mass is 9.68. The molecule has 1 aliphatic heterocycles. The van der Waals surface area contributed by atoms with Crippen LogP contribution in [0.4, 0.5) is 5.69 Å². The zero-order valence-corrected chi connectivity index (χ0v) is 22.1. The van der Waals surface area contributed by atoms with Gasteiger partial charge in [-0.25, -0.2) is 20.6 Å². The third kappa shape index (κ3) is 6.10. The second-order valence-corrected chi connectivity index (χ2v) is 10.7. The van der Waals surface area contributed by atoms with Crippen LogP contribution < -0.4 is 16.2 Å². The van der Waals surface area contributed by atoms with E-state index in [1.54, 1.807) is 18.3 Å². The Labute approximate surface area is 218 Å². The number of amides is 1. The SMILES string of the molecule is COC(=O)c1cc(Cl)cc(C)c1NC(=O)C1NNC(n2ccnc2)CC12CCCCCCCCCC2. The number of aromatic nitrogens is 2. The lowest BCUT2D eigenvalue weighted by molar-refractivity contribution is -0.125.